The van der Waals surface area contributed by atoms with Crippen LogP contribution < -0.4 is 14.8 Å². The number of amides is 1. The summed E-state index contributed by atoms with van der Waals surface area (Å²) in [5.41, 5.74) is 1.90. The lowest BCUT2D eigenvalue weighted by Crippen LogP contribution is -2.18. The Morgan fingerprint density at radius 1 is 1.11 bits per heavy atom. The van der Waals surface area contributed by atoms with Gasteiger partial charge in [-0.25, -0.2) is 18.1 Å². The first kappa shape index (κ1) is 20.0. The summed E-state index contributed by atoms with van der Waals surface area (Å²) in [6.45, 7) is 2.28. The van der Waals surface area contributed by atoms with Gasteiger partial charge in [-0.15, -0.1) is 11.3 Å². The van der Waals surface area contributed by atoms with Crippen molar-refractivity contribution in [2.24, 2.45) is 0 Å². The number of nitrogens with zero attached hydrogens (tertiary/aromatic N) is 1. The Kier molecular flexibility index (Phi) is 6.08. The predicted molar refractivity (Wildman–Crippen MR) is 108 cm³/mol. The quantitative estimate of drug-likeness (QED) is 0.615. The van der Waals surface area contributed by atoms with E-state index in [2.05, 4.69) is 15.0 Å². The molecule has 9 heteroatoms. The topological polar surface area (TPSA) is 97.4 Å². The number of sulfonamides is 1. The van der Waals surface area contributed by atoms with Crippen molar-refractivity contribution >= 4 is 33.0 Å². The zero-order valence-electron chi connectivity index (χ0n) is 15.3. The minimum atomic E-state index is -3.51. The van der Waals surface area contributed by atoms with Gasteiger partial charge in [-0.1, -0.05) is 17.7 Å². The summed E-state index contributed by atoms with van der Waals surface area (Å²) >= 11 is 1.34. The number of carbonyl (C=O) groups is 1. The molecule has 7 nitrogen and oxygen atoms in total. The second kappa shape index (κ2) is 8.51. The Labute approximate surface area is 167 Å². The van der Waals surface area contributed by atoms with Crippen LogP contribution in [-0.4, -0.2) is 26.4 Å². The van der Waals surface area contributed by atoms with Gasteiger partial charge in [0.2, 0.25) is 10.0 Å². The van der Waals surface area contributed by atoms with Crippen LogP contribution in [0, 0.1) is 6.92 Å². The SMILES string of the molecule is CNS(=O)(=O)c1ccc(NC(=O)c2csc(COc3ccc(C)cc3)n2)cc1. The van der Waals surface area contributed by atoms with E-state index < -0.39 is 10.0 Å². The van der Waals surface area contributed by atoms with Crippen LogP contribution in [0.1, 0.15) is 21.1 Å². The molecule has 0 aliphatic carbocycles. The normalized spacial score (nSPS) is 11.2. The van der Waals surface area contributed by atoms with Gasteiger partial charge in [0.05, 0.1) is 4.90 Å². The van der Waals surface area contributed by atoms with Crippen molar-refractivity contribution in [2.75, 3.05) is 12.4 Å². The molecule has 0 aliphatic heterocycles. The molecule has 28 heavy (non-hydrogen) atoms. The molecule has 0 saturated carbocycles. The highest BCUT2D eigenvalue weighted by Gasteiger charge is 2.14. The molecule has 1 heterocycles. The van der Waals surface area contributed by atoms with Gasteiger partial charge < -0.3 is 10.1 Å². The number of hydrogen-bond acceptors (Lipinski definition) is 6. The van der Waals surface area contributed by atoms with Gasteiger partial charge in [0.25, 0.3) is 5.91 Å². The fraction of sp³-hybridized carbons (Fsp3) is 0.158. The first-order valence-electron chi connectivity index (χ1n) is 8.36. The molecule has 2 N–H and O–H groups in total. The second-order valence-corrected chi connectivity index (χ2v) is 8.74. The second-order valence-electron chi connectivity index (χ2n) is 5.91. The van der Waals surface area contributed by atoms with Crippen LogP contribution in [0.3, 0.4) is 0 Å². The zero-order valence-corrected chi connectivity index (χ0v) is 16.9. The largest absolute Gasteiger partial charge is 0.486 e. The molecule has 0 aliphatic rings. The summed E-state index contributed by atoms with van der Waals surface area (Å²) in [5.74, 6) is 0.366. The van der Waals surface area contributed by atoms with E-state index in [1.807, 2.05) is 31.2 Å². The molecular weight excluding hydrogens is 398 g/mol. The van der Waals surface area contributed by atoms with Gasteiger partial charge in [0, 0.05) is 11.1 Å². The Bertz CT molecular complexity index is 1060. The van der Waals surface area contributed by atoms with E-state index in [1.54, 1.807) is 5.38 Å². The molecule has 146 valence electrons. The molecule has 0 bridgehead atoms. The van der Waals surface area contributed by atoms with E-state index in [0.29, 0.717) is 10.7 Å². The van der Waals surface area contributed by atoms with Gasteiger partial charge in [0.15, 0.2) is 0 Å². The van der Waals surface area contributed by atoms with Crippen LogP contribution >= 0.6 is 11.3 Å². The van der Waals surface area contributed by atoms with Crippen LogP contribution in [0.2, 0.25) is 0 Å². The van der Waals surface area contributed by atoms with Crippen molar-refractivity contribution in [1.29, 1.82) is 0 Å². The maximum Gasteiger partial charge on any atom is 0.275 e. The van der Waals surface area contributed by atoms with Crippen LogP contribution in [0.4, 0.5) is 5.69 Å². The lowest BCUT2D eigenvalue weighted by Gasteiger charge is -2.06. The van der Waals surface area contributed by atoms with E-state index in [1.165, 1.54) is 42.6 Å². The third-order valence-corrected chi connectivity index (χ3v) is 6.11. The maximum absolute atomic E-state index is 12.3. The summed E-state index contributed by atoms with van der Waals surface area (Å²) in [5, 5.41) is 5.03. The van der Waals surface area contributed by atoms with Crippen molar-refractivity contribution < 1.29 is 17.9 Å². The van der Waals surface area contributed by atoms with Crippen molar-refractivity contribution in [1.82, 2.24) is 9.71 Å². The monoisotopic (exact) mass is 417 g/mol. The number of benzene rings is 2. The van der Waals surface area contributed by atoms with Crippen molar-refractivity contribution in [2.45, 2.75) is 18.4 Å². The first-order valence-corrected chi connectivity index (χ1v) is 10.7. The molecular formula is C19H19N3O4S2. The molecule has 0 fully saturated rings. The number of anilines is 1. The number of aryl methyl sites for hydroxylation is 1. The average molecular weight is 418 g/mol. The highest BCUT2D eigenvalue weighted by atomic mass is 32.2. The van der Waals surface area contributed by atoms with Crippen molar-refractivity contribution in [3.8, 4) is 5.75 Å². The van der Waals surface area contributed by atoms with Gasteiger partial charge in [-0.2, -0.15) is 0 Å². The first-order chi connectivity index (χ1) is 13.4. The van der Waals surface area contributed by atoms with Crippen LogP contribution in [0.5, 0.6) is 5.75 Å². The van der Waals surface area contributed by atoms with Gasteiger partial charge in [-0.05, 0) is 50.4 Å². The fourth-order valence-corrected chi connectivity index (χ4v) is 3.71. The number of hydrogen-bond donors (Lipinski definition) is 2. The Morgan fingerprint density at radius 2 is 1.79 bits per heavy atom. The standard InChI is InChI=1S/C19H19N3O4S2/c1-13-3-7-15(8-4-13)26-11-18-22-17(12-27-18)19(23)21-14-5-9-16(10-6-14)28(24,25)20-2/h3-10,12,20H,11H2,1-2H3,(H,21,23). The van der Waals surface area contributed by atoms with E-state index in [-0.39, 0.29) is 23.1 Å². The third-order valence-electron chi connectivity index (χ3n) is 3.86. The number of aromatic nitrogens is 1. The van der Waals surface area contributed by atoms with E-state index in [4.69, 9.17) is 4.74 Å². The minimum absolute atomic E-state index is 0.122. The molecule has 0 atom stereocenters. The summed E-state index contributed by atoms with van der Waals surface area (Å²) in [6, 6.07) is 13.6. The molecule has 3 aromatic rings. The lowest BCUT2D eigenvalue weighted by atomic mass is 10.2. The molecule has 3 rings (SSSR count). The number of rotatable bonds is 7. The summed E-state index contributed by atoms with van der Waals surface area (Å²) in [4.78, 5) is 16.7. The molecule has 0 saturated heterocycles. The predicted octanol–water partition coefficient (Wildman–Crippen LogP) is 3.19. The van der Waals surface area contributed by atoms with E-state index in [0.717, 1.165) is 11.3 Å². The van der Waals surface area contributed by atoms with Crippen LogP contribution in [0.25, 0.3) is 0 Å². The Morgan fingerprint density at radius 3 is 2.43 bits per heavy atom. The van der Waals surface area contributed by atoms with Gasteiger partial charge in [0.1, 0.15) is 23.1 Å². The summed E-state index contributed by atoms with van der Waals surface area (Å²) in [6.07, 6.45) is 0. The number of thiazole rings is 1. The average Bonchev–Trinajstić information content (AvgIpc) is 3.17. The minimum Gasteiger partial charge on any atom is -0.486 e. The van der Waals surface area contributed by atoms with Crippen molar-refractivity contribution in [3.05, 3.63) is 70.2 Å². The summed E-state index contributed by atoms with van der Waals surface area (Å²) in [7, 11) is -2.17. The number of carbonyl (C=O) groups excluding carboxylic acids is 1. The number of nitrogens with one attached hydrogen (secondary N) is 2. The molecule has 0 spiro atoms. The zero-order chi connectivity index (χ0) is 20.1. The molecule has 0 radical (unpaired) electrons. The highest BCUT2D eigenvalue weighted by molar-refractivity contribution is 7.89. The summed E-state index contributed by atoms with van der Waals surface area (Å²) < 4.78 is 31.3. The Balaban J connectivity index is 1.60. The van der Waals surface area contributed by atoms with E-state index >= 15 is 0 Å². The molecule has 0 unspecified atom stereocenters. The fourth-order valence-electron chi connectivity index (χ4n) is 2.29. The van der Waals surface area contributed by atoms with Crippen molar-refractivity contribution in [3.63, 3.8) is 0 Å². The molecule has 1 amide bonds. The van der Waals surface area contributed by atoms with Crippen LogP contribution in [0.15, 0.2) is 58.8 Å². The Hall–Kier alpha value is -2.75. The van der Waals surface area contributed by atoms with E-state index in [9.17, 15) is 13.2 Å². The van der Waals surface area contributed by atoms with Crippen LogP contribution in [-0.2, 0) is 16.6 Å². The molecule has 1 aromatic heterocycles. The number of ether oxygens (including phenoxy) is 1. The molecule has 2 aromatic carbocycles. The van der Waals surface area contributed by atoms with Gasteiger partial charge >= 0.3 is 0 Å². The third kappa shape index (κ3) is 4.94. The van der Waals surface area contributed by atoms with Gasteiger partial charge in [-0.3, -0.25) is 4.79 Å². The lowest BCUT2D eigenvalue weighted by molar-refractivity contribution is 0.102. The smallest absolute Gasteiger partial charge is 0.275 e. The maximum atomic E-state index is 12.3. The highest BCUT2D eigenvalue weighted by Crippen LogP contribution is 2.18.